The molecule has 0 saturated carbocycles. The molecule has 324 valence electrons. The van der Waals surface area contributed by atoms with Gasteiger partial charge in [0.2, 0.25) is 5.91 Å². The number of likely N-dealkylation sites (N-methyl/N-ethyl adjacent to an activating group) is 2. The number of hydrogen-bond donors (Lipinski definition) is 3. The standard InChI is InChI=1S/C41H66N8O9/c1-28(2)32(25-31(50)17-22-56-23-21-49-26-35(45-46-49)40(3,4)5)36(52)44-33(12-11-18-43-37(42)53)34(51)24-29-13-15-30(16-14-29)27-57-38(54)47(9)19-20-48(10)39(55)58-41(6,7)8/h13-16,26,28,32-33H,11-12,17-25,27H2,1-10H3,(H,44,52)(H3,42,43,53)/t32-,33-/m0/s1. The SMILES string of the molecule is CC(C)[C@H](CC(=O)CCOCCn1cc(C(C)(C)C)nn1)C(=O)N[C@@H](CCCNC(N)=O)C(=O)Cc1ccc(COC(=O)N(C)CCN(C)C(=O)OC(C)(C)C)cc1. The molecule has 1 heterocycles. The molecule has 0 radical (unpaired) electrons. The molecule has 0 spiro atoms. The second-order valence-electron chi connectivity index (χ2n) is 16.9. The maximum absolute atomic E-state index is 13.6. The van der Waals surface area contributed by atoms with Crippen molar-refractivity contribution in [2.45, 2.75) is 118 Å². The topological polar surface area (TPSA) is 217 Å². The van der Waals surface area contributed by atoms with Gasteiger partial charge in [0.15, 0.2) is 5.78 Å². The lowest BCUT2D eigenvalue weighted by molar-refractivity contribution is -0.133. The molecular formula is C41H66N8O9. The number of rotatable bonds is 23. The molecule has 58 heavy (non-hydrogen) atoms. The first-order valence-corrected chi connectivity index (χ1v) is 19.8. The molecule has 0 unspecified atom stereocenters. The van der Waals surface area contributed by atoms with Crippen LogP contribution in [0, 0.1) is 11.8 Å². The normalized spacial score (nSPS) is 12.7. The van der Waals surface area contributed by atoms with Gasteiger partial charge in [0, 0.05) is 70.5 Å². The molecule has 0 fully saturated rings. The lowest BCUT2D eigenvalue weighted by Crippen LogP contribution is -2.46. The van der Waals surface area contributed by atoms with Crippen molar-refractivity contribution >= 4 is 35.7 Å². The van der Waals surface area contributed by atoms with Crippen LogP contribution in [-0.4, -0.2) is 119 Å². The van der Waals surface area contributed by atoms with Crippen molar-refractivity contribution in [3.63, 3.8) is 0 Å². The first kappa shape index (κ1) is 49.1. The van der Waals surface area contributed by atoms with Crippen molar-refractivity contribution in [3.05, 3.63) is 47.3 Å². The first-order chi connectivity index (χ1) is 27.0. The molecule has 2 atom stereocenters. The van der Waals surface area contributed by atoms with Crippen LogP contribution < -0.4 is 16.4 Å². The van der Waals surface area contributed by atoms with E-state index in [1.165, 1.54) is 9.80 Å². The fourth-order valence-electron chi connectivity index (χ4n) is 5.44. The summed E-state index contributed by atoms with van der Waals surface area (Å²) in [6.45, 7) is 17.0. The van der Waals surface area contributed by atoms with E-state index in [-0.39, 0.29) is 81.4 Å². The number of carbonyl (C=O) groups excluding carboxylic acids is 6. The minimum Gasteiger partial charge on any atom is -0.445 e. The van der Waals surface area contributed by atoms with Crippen molar-refractivity contribution in [1.29, 1.82) is 0 Å². The van der Waals surface area contributed by atoms with E-state index < -0.39 is 41.7 Å². The summed E-state index contributed by atoms with van der Waals surface area (Å²) in [6, 6.07) is 5.44. The molecule has 0 bridgehead atoms. The smallest absolute Gasteiger partial charge is 0.410 e. The highest BCUT2D eigenvalue weighted by Crippen LogP contribution is 2.20. The van der Waals surface area contributed by atoms with Gasteiger partial charge in [-0.05, 0) is 50.7 Å². The van der Waals surface area contributed by atoms with Crippen LogP contribution in [0.5, 0.6) is 0 Å². The molecule has 0 aliphatic rings. The van der Waals surface area contributed by atoms with Gasteiger partial charge in [0.1, 0.15) is 18.0 Å². The van der Waals surface area contributed by atoms with Crippen LogP contribution in [0.3, 0.4) is 0 Å². The van der Waals surface area contributed by atoms with Crippen molar-refractivity contribution in [3.8, 4) is 0 Å². The number of nitrogens with zero attached hydrogens (tertiary/aromatic N) is 5. The van der Waals surface area contributed by atoms with Gasteiger partial charge in [-0.1, -0.05) is 64.1 Å². The van der Waals surface area contributed by atoms with Gasteiger partial charge in [0.05, 0.1) is 31.5 Å². The average molecular weight is 815 g/mol. The molecule has 17 heteroatoms. The third-order valence-corrected chi connectivity index (χ3v) is 9.11. The molecule has 0 aliphatic heterocycles. The van der Waals surface area contributed by atoms with E-state index in [0.717, 1.165) is 5.69 Å². The van der Waals surface area contributed by atoms with Crippen LogP contribution in [0.25, 0.3) is 0 Å². The highest BCUT2D eigenvalue weighted by molar-refractivity contribution is 5.92. The molecule has 1 aromatic heterocycles. The number of urea groups is 1. The van der Waals surface area contributed by atoms with E-state index in [9.17, 15) is 28.8 Å². The predicted molar refractivity (Wildman–Crippen MR) is 218 cm³/mol. The number of primary amides is 1. The average Bonchev–Trinajstić information content (AvgIpc) is 3.62. The summed E-state index contributed by atoms with van der Waals surface area (Å²) in [4.78, 5) is 78.9. The zero-order valence-electron chi connectivity index (χ0n) is 36.1. The fraction of sp³-hybridized carbons (Fsp3) is 0.659. The summed E-state index contributed by atoms with van der Waals surface area (Å²) in [6.07, 6.45) is 1.60. The summed E-state index contributed by atoms with van der Waals surface area (Å²) in [5.74, 6) is -1.61. The Labute approximate surface area is 343 Å². The van der Waals surface area contributed by atoms with Gasteiger partial charge >= 0.3 is 18.2 Å². The van der Waals surface area contributed by atoms with Gasteiger partial charge in [-0.15, -0.1) is 5.10 Å². The Bertz CT molecular complexity index is 1650. The van der Waals surface area contributed by atoms with Gasteiger partial charge < -0.3 is 40.4 Å². The number of hydrogen-bond acceptors (Lipinski definition) is 11. The Kier molecular flexibility index (Phi) is 19.8. The maximum atomic E-state index is 13.6. The van der Waals surface area contributed by atoms with Crippen molar-refractivity contribution in [2.24, 2.45) is 17.6 Å². The second-order valence-corrected chi connectivity index (χ2v) is 16.9. The lowest BCUT2D eigenvalue weighted by atomic mass is 9.88. The summed E-state index contributed by atoms with van der Waals surface area (Å²) < 4.78 is 18.1. The monoisotopic (exact) mass is 814 g/mol. The second kappa shape index (κ2) is 23.4. The number of benzene rings is 1. The summed E-state index contributed by atoms with van der Waals surface area (Å²) >= 11 is 0. The Morgan fingerprint density at radius 3 is 2.09 bits per heavy atom. The maximum Gasteiger partial charge on any atom is 0.410 e. The van der Waals surface area contributed by atoms with Crippen LogP contribution in [0.15, 0.2) is 30.5 Å². The molecule has 0 aliphatic carbocycles. The highest BCUT2D eigenvalue weighted by Gasteiger charge is 2.29. The molecule has 0 saturated heterocycles. The Morgan fingerprint density at radius 1 is 0.897 bits per heavy atom. The molecule has 1 aromatic carbocycles. The van der Waals surface area contributed by atoms with Crippen LogP contribution in [0.2, 0.25) is 0 Å². The predicted octanol–water partition coefficient (Wildman–Crippen LogP) is 4.39. The molecule has 2 aromatic rings. The number of ketones is 2. The van der Waals surface area contributed by atoms with Crippen LogP contribution >= 0.6 is 0 Å². The zero-order chi connectivity index (χ0) is 43.6. The van der Waals surface area contributed by atoms with E-state index in [1.54, 1.807) is 63.8 Å². The van der Waals surface area contributed by atoms with Gasteiger partial charge in [-0.2, -0.15) is 0 Å². The Morgan fingerprint density at radius 2 is 1.52 bits per heavy atom. The summed E-state index contributed by atoms with van der Waals surface area (Å²) in [7, 11) is 3.16. The van der Waals surface area contributed by atoms with Crippen molar-refractivity contribution < 1.29 is 43.0 Å². The number of carbonyl (C=O) groups is 6. The van der Waals surface area contributed by atoms with E-state index >= 15 is 0 Å². The fourth-order valence-corrected chi connectivity index (χ4v) is 5.44. The minimum atomic E-state index is -0.872. The highest BCUT2D eigenvalue weighted by atomic mass is 16.6. The third-order valence-electron chi connectivity index (χ3n) is 9.11. The minimum absolute atomic E-state index is 0.0000220. The van der Waals surface area contributed by atoms with E-state index in [0.29, 0.717) is 30.7 Å². The van der Waals surface area contributed by atoms with Gasteiger partial charge in [0.25, 0.3) is 0 Å². The summed E-state index contributed by atoms with van der Waals surface area (Å²) in [5, 5.41) is 13.7. The molecule has 2 rings (SSSR count). The third kappa shape index (κ3) is 18.9. The van der Waals surface area contributed by atoms with E-state index in [2.05, 4.69) is 41.7 Å². The van der Waals surface area contributed by atoms with Crippen LogP contribution in [-0.2, 0) is 53.6 Å². The lowest BCUT2D eigenvalue weighted by Gasteiger charge is -2.26. The number of Topliss-reactive ketones (excluding diaryl/α,β-unsaturated/α-hetero) is 2. The molecule has 4 N–H and O–H groups in total. The zero-order valence-corrected chi connectivity index (χ0v) is 36.1. The van der Waals surface area contributed by atoms with Crippen molar-refractivity contribution in [2.75, 3.05) is 46.9 Å². The van der Waals surface area contributed by atoms with Crippen molar-refractivity contribution in [1.82, 2.24) is 35.4 Å². The van der Waals surface area contributed by atoms with Crippen LogP contribution in [0.4, 0.5) is 14.4 Å². The molecule has 5 amide bonds. The Hall–Kier alpha value is -5.06. The largest absolute Gasteiger partial charge is 0.445 e. The summed E-state index contributed by atoms with van der Waals surface area (Å²) in [5.41, 5.74) is 6.72. The number of amides is 5. The first-order valence-electron chi connectivity index (χ1n) is 19.8. The van der Waals surface area contributed by atoms with Gasteiger partial charge in [-0.3, -0.25) is 14.4 Å². The number of nitrogens with one attached hydrogen (secondary N) is 2. The molecule has 17 nitrogen and oxygen atoms in total. The Balaban J connectivity index is 1.92. The van der Waals surface area contributed by atoms with E-state index in [1.807, 2.05) is 20.0 Å². The number of ether oxygens (including phenoxy) is 3. The van der Waals surface area contributed by atoms with E-state index in [4.69, 9.17) is 19.9 Å². The quantitative estimate of drug-likeness (QED) is 0.134. The van der Waals surface area contributed by atoms with Gasteiger partial charge in [-0.25, -0.2) is 19.1 Å². The molecular weight excluding hydrogens is 748 g/mol. The number of nitrogens with two attached hydrogens (primary N) is 1. The van der Waals surface area contributed by atoms with Crippen LogP contribution in [0.1, 0.15) is 97.9 Å². The number of aromatic nitrogens is 3.